The summed E-state index contributed by atoms with van der Waals surface area (Å²) < 4.78 is 6.63. The normalized spacial score (nSPS) is 11.4. The second-order valence-corrected chi connectivity index (χ2v) is 17.6. The molecule has 0 aliphatic carbocycles. The molecule has 0 saturated carbocycles. The van der Waals surface area contributed by atoms with Gasteiger partial charge in [0.15, 0.2) is 8.07 Å². The summed E-state index contributed by atoms with van der Waals surface area (Å²) in [6.45, 7) is 8.37. The molecule has 0 amide bonds. The van der Waals surface area contributed by atoms with E-state index in [-0.39, 0.29) is 0 Å². The van der Waals surface area contributed by atoms with E-state index in [9.17, 15) is 0 Å². The molecular weight excluding hydrogens is 683 g/mol. The lowest BCUT2D eigenvalue weighted by atomic mass is 10.0. The Kier molecular flexibility index (Phi) is 8.91. The number of fused-ring (bicyclic) bond motifs is 3. The first-order valence-electron chi connectivity index (χ1n) is 18.7. The van der Waals surface area contributed by atoms with Crippen LogP contribution < -0.4 is 25.6 Å². The number of nitrogens with zero attached hydrogens (tertiary/aromatic N) is 1. The Morgan fingerprint density at radius 1 is 0.418 bits per heavy atom. The average Bonchev–Trinajstić information content (AvgIpc) is 3.63. The summed E-state index contributed by atoms with van der Waals surface area (Å²) >= 11 is 0. The van der Waals surface area contributed by atoms with E-state index >= 15 is 0 Å². The van der Waals surface area contributed by atoms with Crippen molar-refractivity contribution in [3.8, 4) is 11.1 Å². The van der Waals surface area contributed by atoms with E-state index in [2.05, 4.69) is 212 Å². The van der Waals surface area contributed by atoms with Crippen LogP contribution in [-0.2, 0) is 0 Å². The van der Waals surface area contributed by atoms with Crippen molar-refractivity contribution in [1.82, 2.24) is 0 Å². The van der Waals surface area contributed by atoms with Crippen molar-refractivity contribution in [3.05, 3.63) is 224 Å². The van der Waals surface area contributed by atoms with Gasteiger partial charge in [-0.3, -0.25) is 0 Å². The first kappa shape index (κ1) is 33.9. The van der Waals surface area contributed by atoms with Gasteiger partial charge in [0.2, 0.25) is 0 Å². The quantitative estimate of drug-likeness (QED) is 0.103. The number of furan rings is 1. The predicted octanol–water partition coefficient (Wildman–Crippen LogP) is 11.4. The van der Waals surface area contributed by atoms with Gasteiger partial charge in [0, 0.05) is 33.8 Å². The number of benzene rings is 8. The Morgan fingerprint density at radius 2 is 0.927 bits per heavy atom. The number of hydrogen-bond donors (Lipinski definition) is 0. The van der Waals surface area contributed by atoms with Gasteiger partial charge >= 0.3 is 0 Å². The molecule has 9 rings (SSSR count). The number of anilines is 3. The number of rotatable bonds is 10. The summed E-state index contributed by atoms with van der Waals surface area (Å²) in [5.74, 6) is 0. The summed E-state index contributed by atoms with van der Waals surface area (Å²) in [6, 6.07) is 72.2. The van der Waals surface area contributed by atoms with E-state index in [4.69, 9.17) is 4.42 Å². The Labute approximate surface area is 323 Å². The summed E-state index contributed by atoms with van der Waals surface area (Å²) in [6.07, 6.45) is 3.82. The molecule has 3 heteroatoms. The lowest BCUT2D eigenvalue weighted by Crippen LogP contribution is -2.74. The van der Waals surface area contributed by atoms with E-state index < -0.39 is 8.07 Å². The van der Waals surface area contributed by atoms with Crippen LogP contribution in [-0.4, -0.2) is 8.07 Å². The van der Waals surface area contributed by atoms with Crippen LogP contribution in [0.4, 0.5) is 17.1 Å². The molecule has 0 radical (unpaired) electrons. The lowest BCUT2D eigenvalue weighted by Gasteiger charge is -2.35. The zero-order valence-corrected chi connectivity index (χ0v) is 31.5. The lowest BCUT2D eigenvalue weighted by molar-refractivity contribution is 0.669. The van der Waals surface area contributed by atoms with Gasteiger partial charge in [-0.2, -0.15) is 0 Å². The SMILES string of the molecule is C=Cc1cccc(N(c2ccc([Si](c3ccccc3)(c3ccccc3)c3ccccc3)cc2)c2ccc3c(c2)oc2cc(-c4ccccc4)ccc23)c1C=C. The maximum atomic E-state index is 6.63. The first-order chi connectivity index (χ1) is 27.2. The zero-order chi connectivity index (χ0) is 37.2. The standard InChI is InChI=1S/C52H39NOSi/c1-3-38-20-17-27-50(47(38)4-2)53(42-31-35-49-48-34-28-40(39-18-9-5-10-19-39)36-51(48)54-52(49)37-42)41-29-32-46(33-30-41)55(43-21-11-6-12-22-43,44-23-13-7-14-24-44)45-25-15-8-16-26-45/h3-37H,1-2H2. The highest BCUT2D eigenvalue weighted by Gasteiger charge is 2.41. The molecule has 55 heavy (non-hydrogen) atoms. The van der Waals surface area contributed by atoms with Crippen molar-refractivity contribution < 1.29 is 4.42 Å². The van der Waals surface area contributed by atoms with Crippen LogP contribution in [0.3, 0.4) is 0 Å². The predicted molar refractivity (Wildman–Crippen MR) is 238 cm³/mol. The van der Waals surface area contributed by atoms with Gasteiger partial charge in [-0.15, -0.1) is 0 Å². The van der Waals surface area contributed by atoms with Crippen molar-refractivity contribution >= 4 is 80.0 Å². The molecule has 9 aromatic rings. The molecule has 0 aliphatic heterocycles. The Bertz CT molecular complexity index is 2680. The maximum absolute atomic E-state index is 6.63. The van der Waals surface area contributed by atoms with Crippen molar-refractivity contribution in [2.24, 2.45) is 0 Å². The zero-order valence-electron chi connectivity index (χ0n) is 30.5. The molecule has 0 unspecified atom stereocenters. The van der Waals surface area contributed by atoms with Gasteiger partial charge < -0.3 is 9.32 Å². The van der Waals surface area contributed by atoms with Crippen LogP contribution in [0.15, 0.2) is 218 Å². The van der Waals surface area contributed by atoms with Crippen molar-refractivity contribution in [2.75, 3.05) is 4.90 Å². The third kappa shape index (κ3) is 5.92. The topological polar surface area (TPSA) is 16.4 Å². The molecule has 2 nitrogen and oxygen atoms in total. The minimum atomic E-state index is -2.70. The monoisotopic (exact) mass is 721 g/mol. The third-order valence-corrected chi connectivity index (χ3v) is 15.6. The molecule has 0 spiro atoms. The second kappa shape index (κ2) is 14.5. The highest BCUT2D eigenvalue weighted by molar-refractivity contribution is 7.19. The van der Waals surface area contributed by atoms with Crippen LogP contribution in [0, 0.1) is 0 Å². The van der Waals surface area contributed by atoms with E-state index in [1.165, 1.54) is 20.7 Å². The van der Waals surface area contributed by atoms with Crippen LogP contribution in [0.1, 0.15) is 11.1 Å². The molecule has 1 aromatic heterocycles. The third-order valence-electron chi connectivity index (χ3n) is 10.8. The largest absolute Gasteiger partial charge is 0.456 e. The van der Waals surface area contributed by atoms with Crippen molar-refractivity contribution in [1.29, 1.82) is 0 Å². The summed E-state index contributed by atoms with van der Waals surface area (Å²) in [4.78, 5) is 2.31. The molecule has 8 aromatic carbocycles. The van der Waals surface area contributed by atoms with Gasteiger partial charge in [0.05, 0.1) is 5.69 Å². The van der Waals surface area contributed by atoms with Gasteiger partial charge in [0.25, 0.3) is 0 Å². The molecule has 0 fully saturated rings. The summed E-state index contributed by atoms with van der Waals surface area (Å²) in [7, 11) is -2.70. The number of hydrogen-bond acceptors (Lipinski definition) is 2. The highest BCUT2D eigenvalue weighted by atomic mass is 28.3. The van der Waals surface area contributed by atoms with Gasteiger partial charge in [-0.1, -0.05) is 177 Å². The molecule has 0 N–H and O–H groups in total. The molecule has 0 saturated heterocycles. The van der Waals surface area contributed by atoms with Crippen molar-refractivity contribution in [3.63, 3.8) is 0 Å². The van der Waals surface area contributed by atoms with Gasteiger partial charge in [0.1, 0.15) is 11.2 Å². The van der Waals surface area contributed by atoms with Gasteiger partial charge in [-0.25, -0.2) is 0 Å². The minimum Gasteiger partial charge on any atom is -0.456 e. The van der Waals surface area contributed by atoms with E-state index in [0.29, 0.717) is 0 Å². The van der Waals surface area contributed by atoms with Crippen molar-refractivity contribution in [2.45, 2.75) is 0 Å². The average molecular weight is 722 g/mol. The minimum absolute atomic E-state index is 0.836. The summed E-state index contributed by atoms with van der Waals surface area (Å²) in [5.41, 5.74) is 9.08. The fraction of sp³-hybridized carbons (Fsp3) is 0. The van der Waals surface area contributed by atoms with Crippen LogP contribution in [0.5, 0.6) is 0 Å². The Hall–Kier alpha value is -6.94. The smallest absolute Gasteiger partial charge is 0.179 e. The van der Waals surface area contributed by atoms with Crippen LogP contribution in [0.2, 0.25) is 0 Å². The Morgan fingerprint density at radius 3 is 1.49 bits per heavy atom. The summed E-state index contributed by atoms with van der Waals surface area (Å²) in [5, 5.41) is 7.52. The van der Waals surface area contributed by atoms with Crippen LogP contribution in [0.25, 0.3) is 45.2 Å². The Balaban J connectivity index is 1.23. The maximum Gasteiger partial charge on any atom is 0.179 e. The highest BCUT2D eigenvalue weighted by Crippen LogP contribution is 2.41. The van der Waals surface area contributed by atoms with E-state index in [1.54, 1.807) is 0 Å². The second-order valence-electron chi connectivity index (χ2n) is 13.8. The molecule has 1 heterocycles. The van der Waals surface area contributed by atoms with Gasteiger partial charge in [-0.05, 0) is 79.9 Å². The molecule has 0 bridgehead atoms. The van der Waals surface area contributed by atoms with Crippen LogP contribution >= 0.6 is 0 Å². The molecular formula is C52H39NOSi. The molecule has 0 aliphatic rings. The van der Waals surface area contributed by atoms with E-state index in [1.807, 2.05) is 18.2 Å². The first-order valence-corrected chi connectivity index (χ1v) is 20.7. The molecule has 262 valence electrons. The fourth-order valence-corrected chi connectivity index (χ4v) is 13.0. The fourth-order valence-electron chi connectivity index (χ4n) is 8.23. The van der Waals surface area contributed by atoms with E-state index in [0.717, 1.165) is 61.3 Å². The molecule has 0 atom stereocenters.